The van der Waals surface area contributed by atoms with Crippen LogP contribution in [0.25, 0.3) is 0 Å². The van der Waals surface area contributed by atoms with E-state index in [9.17, 15) is 8.42 Å². The summed E-state index contributed by atoms with van der Waals surface area (Å²) in [5.74, 6) is 3.67. The van der Waals surface area contributed by atoms with E-state index in [1.807, 2.05) is 0 Å². The molecular weight excluding hydrogens is 336 g/mol. The van der Waals surface area contributed by atoms with Crippen LogP contribution in [-0.2, 0) is 10.0 Å². The van der Waals surface area contributed by atoms with Crippen molar-refractivity contribution in [1.29, 1.82) is 0 Å². The summed E-state index contributed by atoms with van der Waals surface area (Å²) in [6.45, 7) is 0.324. The molecular formula is C11H13BrN2O2S2. The summed E-state index contributed by atoms with van der Waals surface area (Å²) in [7, 11) is -3.56. The normalized spacial score (nSPS) is 11.1. The highest BCUT2D eigenvalue weighted by Crippen LogP contribution is 2.22. The fourth-order valence-electron chi connectivity index (χ4n) is 1.22. The molecule has 1 rings (SSSR count). The number of anilines is 1. The van der Waals surface area contributed by atoms with Crippen LogP contribution < -0.4 is 10.5 Å². The number of sulfonamides is 1. The Balaban J connectivity index is 2.66. The highest BCUT2D eigenvalue weighted by Gasteiger charge is 2.16. The zero-order valence-corrected chi connectivity index (χ0v) is 12.7. The van der Waals surface area contributed by atoms with Gasteiger partial charge in [0.2, 0.25) is 10.0 Å². The van der Waals surface area contributed by atoms with Gasteiger partial charge in [0, 0.05) is 16.8 Å². The van der Waals surface area contributed by atoms with Crippen LogP contribution in [0.4, 0.5) is 5.69 Å². The summed E-state index contributed by atoms with van der Waals surface area (Å²) in [5.41, 5.74) is 5.89. The maximum Gasteiger partial charge on any atom is 0.242 e. The minimum absolute atomic E-state index is 0.0904. The number of benzene rings is 1. The van der Waals surface area contributed by atoms with Crippen molar-refractivity contribution in [3.63, 3.8) is 0 Å². The molecule has 0 saturated heterocycles. The van der Waals surface area contributed by atoms with Crippen molar-refractivity contribution in [2.45, 2.75) is 4.90 Å². The average molecular weight is 349 g/mol. The van der Waals surface area contributed by atoms with Crippen molar-refractivity contribution >= 4 is 43.4 Å². The summed E-state index contributed by atoms with van der Waals surface area (Å²) in [4.78, 5) is 0.0904. The smallest absolute Gasteiger partial charge is 0.242 e. The van der Waals surface area contributed by atoms with Gasteiger partial charge in [0.05, 0.1) is 11.4 Å². The first-order valence-electron chi connectivity index (χ1n) is 5.03. The third kappa shape index (κ3) is 4.53. The summed E-state index contributed by atoms with van der Waals surface area (Å²) in [6, 6.07) is 4.66. The third-order valence-corrected chi connectivity index (χ3v) is 4.88. The van der Waals surface area contributed by atoms with E-state index in [0.29, 0.717) is 18.1 Å². The molecule has 0 aromatic heterocycles. The number of hydrogen-bond acceptors (Lipinski definition) is 4. The monoisotopic (exact) mass is 348 g/mol. The van der Waals surface area contributed by atoms with Crippen molar-refractivity contribution in [2.75, 3.05) is 23.8 Å². The van der Waals surface area contributed by atoms with E-state index in [2.05, 4.69) is 26.6 Å². The molecule has 0 amide bonds. The standard InChI is InChI=1S/C11H13BrN2O2S2/c1-2-6-17-7-5-14-18(15,16)11-4-3-9(12)8-10(11)13/h1,3-4,8,14H,5-7,13H2. The molecule has 0 radical (unpaired) electrons. The van der Waals surface area contributed by atoms with Crippen molar-refractivity contribution in [3.8, 4) is 12.3 Å². The van der Waals surface area contributed by atoms with E-state index in [4.69, 9.17) is 12.2 Å². The summed E-state index contributed by atoms with van der Waals surface area (Å²) in [5, 5.41) is 0. The van der Waals surface area contributed by atoms with Crippen LogP contribution in [0.5, 0.6) is 0 Å². The molecule has 0 aliphatic heterocycles. The topological polar surface area (TPSA) is 72.2 Å². The zero-order valence-electron chi connectivity index (χ0n) is 9.52. The number of nitrogens with one attached hydrogen (secondary N) is 1. The Morgan fingerprint density at radius 2 is 2.22 bits per heavy atom. The minimum atomic E-state index is -3.56. The van der Waals surface area contributed by atoms with Crippen molar-refractivity contribution in [2.24, 2.45) is 0 Å². The second kappa shape index (κ2) is 7.04. The Hall–Kier alpha value is -0.680. The Bertz CT molecular complexity index is 553. The average Bonchev–Trinajstić information content (AvgIpc) is 2.28. The van der Waals surface area contributed by atoms with Gasteiger partial charge in [-0.25, -0.2) is 13.1 Å². The number of hydrogen-bond donors (Lipinski definition) is 2. The van der Waals surface area contributed by atoms with Gasteiger partial charge in [0.1, 0.15) is 4.90 Å². The van der Waals surface area contributed by atoms with Gasteiger partial charge in [-0.15, -0.1) is 18.2 Å². The van der Waals surface area contributed by atoms with Crippen LogP contribution in [0.1, 0.15) is 0 Å². The summed E-state index contributed by atoms with van der Waals surface area (Å²) < 4.78 is 27.1. The van der Waals surface area contributed by atoms with Gasteiger partial charge < -0.3 is 5.73 Å². The largest absolute Gasteiger partial charge is 0.398 e. The van der Waals surface area contributed by atoms with E-state index in [0.717, 1.165) is 4.47 Å². The highest BCUT2D eigenvalue weighted by atomic mass is 79.9. The molecule has 1 aromatic rings. The number of rotatable bonds is 6. The maximum atomic E-state index is 11.9. The maximum absolute atomic E-state index is 11.9. The van der Waals surface area contributed by atoms with Gasteiger partial charge in [-0.3, -0.25) is 0 Å². The zero-order chi connectivity index (χ0) is 13.6. The lowest BCUT2D eigenvalue weighted by molar-refractivity contribution is 0.584. The van der Waals surface area contributed by atoms with E-state index in [1.165, 1.54) is 17.8 Å². The Labute approximate surface area is 120 Å². The molecule has 0 heterocycles. The molecule has 0 atom stereocenters. The van der Waals surface area contributed by atoms with Gasteiger partial charge in [-0.05, 0) is 18.2 Å². The molecule has 0 saturated carbocycles. The fourth-order valence-corrected chi connectivity index (χ4v) is 3.38. The number of halogens is 1. The molecule has 7 heteroatoms. The lowest BCUT2D eigenvalue weighted by atomic mass is 10.3. The van der Waals surface area contributed by atoms with E-state index < -0.39 is 10.0 Å². The quantitative estimate of drug-likeness (QED) is 0.466. The van der Waals surface area contributed by atoms with Crippen LogP contribution in [0.15, 0.2) is 27.6 Å². The van der Waals surface area contributed by atoms with Crippen LogP contribution >= 0.6 is 27.7 Å². The lowest BCUT2D eigenvalue weighted by Gasteiger charge is -2.08. The molecule has 0 unspecified atom stereocenters. The Morgan fingerprint density at radius 3 is 2.83 bits per heavy atom. The number of nitrogens with two attached hydrogens (primary N) is 1. The van der Waals surface area contributed by atoms with Gasteiger partial charge in [-0.2, -0.15) is 0 Å². The molecule has 0 aliphatic rings. The minimum Gasteiger partial charge on any atom is -0.398 e. The molecule has 0 spiro atoms. The molecule has 3 N–H and O–H groups in total. The van der Waals surface area contributed by atoms with Crippen LogP contribution in [-0.4, -0.2) is 26.5 Å². The van der Waals surface area contributed by atoms with Crippen LogP contribution in [0, 0.1) is 12.3 Å². The molecule has 98 valence electrons. The van der Waals surface area contributed by atoms with Gasteiger partial charge in [0.15, 0.2) is 0 Å². The molecule has 4 nitrogen and oxygen atoms in total. The number of nitrogen functional groups attached to an aromatic ring is 1. The molecule has 1 aromatic carbocycles. The lowest BCUT2D eigenvalue weighted by Crippen LogP contribution is -2.26. The summed E-state index contributed by atoms with van der Waals surface area (Å²) >= 11 is 4.72. The second-order valence-corrected chi connectivity index (χ2v) is 7.09. The van der Waals surface area contributed by atoms with Crippen molar-refractivity contribution < 1.29 is 8.42 Å². The molecule has 0 bridgehead atoms. The Morgan fingerprint density at radius 1 is 1.50 bits per heavy atom. The Kier molecular flexibility index (Phi) is 6.02. The van der Waals surface area contributed by atoms with Crippen molar-refractivity contribution in [3.05, 3.63) is 22.7 Å². The van der Waals surface area contributed by atoms with E-state index >= 15 is 0 Å². The number of terminal acetylenes is 1. The summed E-state index contributed by atoms with van der Waals surface area (Å²) in [6.07, 6.45) is 5.09. The first-order valence-corrected chi connectivity index (χ1v) is 8.46. The van der Waals surface area contributed by atoms with E-state index in [-0.39, 0.29) is 10.6 Å². The van der Waals surface area contributed by atoms with Crippen LogP contribution in [0.3, 0.4) is 0 Å². The third-order valence-electron chi connectivity index (χ3n) is 1.99. The van der Waals surface area contributed by atoms with E-state index in [1.54, 1.807) is 12.1 Å². The molecule has 18 heavy (non-hydrogen) atoms. The molecule has 0 aliphatic carbocycles. The van der Waals surface area contributed by atoms with Gasteiger partial charge in [-0.1, -0.05) is 21.9 Å². The second-order valence-electron chi connectivity index (χ2n) is 3.34. The van der Waals surface area contributed by atoms with Gasteiger partial charge >= 0.3 is 0 Å². The molecule has 0 fully saturated rings. The van der Waals surface area contributed by atoms with Gasteiger partial charge in [0.25, 0.3) is 0 Å². The fraction of sp³-hybridized carbons (Fsp3) is 0.273. The highest BCUT2D eigenvalue weighted by molar-refractivity contribution is 9.10. The SMILES string of the molecule is C#CCSCCNS(=O)(=O)c1ccc(Br)cc1N. The number of thioether (sulfide) groups is 1. The first-order chi connectivity index (χ1) is 8.47. The van der Waals surface area contributed by atoms with Crippen molar-refractivity contribution in [1.82, 2.24) is 4.72 Å². The predicted octanol–water partition coefficient (Wildman–Crippen LogP) is 1.68. The van der Waals surface area contributed by atoms with Crippen LogP contribution in [0.2, 0.25) is 0 Å². The predicted molar refractivity (Wildman–Crippen MR) is 79.9 cm³/mol. The first kappa shape index (κ1) is 15.4.